The van der Waals surface area contributed by atoms with E-state index in [-0.39, 0.29) is 6.04 Å². The Labute approximate surface area is 98.8 Å². The fourth-order valence-corrected chi connectivity index (χ4v) is 3.75. The highest BCUT2D eigenvalue weighted by Crippen LogP contribution is 2.36. The zero-order chi connectivity index (χ0) is 10.7. The summed E-state index contributed by atoms with van der Waals surface area (Å²) < 4.78 is 1.18. The summed E-state index contributed by atoms with van der Waals surface area (Å²) in [6.07, 6.45) is 2.31. The van der Waals surface area contributed by atoms with Crippen molar-refractivity contribution >= 4 is 27.3 Å². The van der Waals surface area contributed by atoms with Crippen LogP contribution >= 0.6 is 27.3 Å². The van der Waals surface area contributed by atoms with Crippen LogP contribution in [-0.2, 0) is 0 Å². The minimum atomic E-state index is 0.193. The molecule has 1 atom stereocenters. The van der Waals surface area contributed by atoms with Crippen molar-refractivity contribution in [2.24, 2.45) is 11.7 Å². The number of hydrogen-bond acceptors (Lipinski definition) is 2. The molecule has 80 valence electrons. The van der Waals surface area contributed by atoms with Gasteiger partial charge in [-0.3, -0.25) is 0 Å². The monoisotopic (exact) mass is 275 g/mol. The predicted octanol–water partition coefficient (Wildman–Crippen LogP) is 4.26. The maximum absolute atomic E-state index is 6.25. The molecule has 1 heterocycles. The first kappa shape index (κ1) is 12.2. The van der Waals surface area contributed by atoms with Gasteiger partial charge in [-0.2, -0.15) is 0 Å². The molecular formula is C11H18BrNS. The van der Waals surface area contributed by atoms with Gasteiger partial charge in [0.15, 0.2) is 0 Å². The molecule has 1 aromatic heterocycles. The fourth-order valence-electron chi connectivity index (χ4n) is 1.74. The first-order chi connectivity index (χ1) is 6.60. The molecule has 0 amide bonds. The van der Waals surface area contributed by atoms with E-state index in [1.807, 2.05) is 11.3 Å². The Morgan fingerprint density at radius 1 is 1.43 bits per heavy atom. The summed E-state index contributed by atoms with van der Waals surface area (Å²) in [5.74, 6) is 0.601. The molecule has 0 aromatic carbocycles. The SMILES string of the molecule is CCC(CC)C(N)c1sc(C)cc1Br. The van der Waals surface area contributed by atoms with Crippen molar-refractivity contribution in [1.82, 2.24) is 0 Å². The molecule has 1 rings (SSSR count). The largest absolute Gasteiger partial charge is 0.323 e. The van der Waals surface area contributed by atoms with E-state index in [1.54, 1.807) is 0 Å². The van der Waals surface area contributed by atoms with Gasteiger partial charge in [-0.1, -0.05) is 26.7 Å². The molecule has 0 saturated carbocycles. The molecule has 0 aliphatic rings. The van der Waals surface area contributed by atoms with Gasteiger partial charge < -0.3 is 5.73 Å². The highest BCUT2D eigenvalue weighted by Gasteiger charge is 2.20. The summed E-state index contributed by atoms with van der Waals surface area (Å²) in [4.78, 5) is 2.63. The third kappa shape index (κ3) is 2.59. The van der Waals surface area contributed by atoms with Crippen molar-refractivity contribution in [3.05, 3.63) is 20.3 Å². The third-order valence-electron chi connectivity index (χ3n) is 2.70. The summed E-state index contributed by atoms with van der Waals surface area (Å²) in [5.41, 5.74) is 6.25. The second-order valence-corrected chi connectivity index (χ2v) is 5.81. The lowest BCUT2D eigenvalue weighted by Crippen LogP contribution is -2.19. The van der Waals surface area contributed by atoms with Crippen LogP contribution < -0.4 is 5.73 Å². The maximum atomic E-state index is 6.25. The molecule has 0 saturated heterocycles. The van der Waals surface area contributed by atoms with Gasteiger partial charge >= 0.3 is 0 Å². The van der Waals surface area contributed by atoms with Crippen LogP contribution in [0.4, 0.5) is 0 Å². The van der Waals surface area contributed by atoms with Gasteiger partial charge in [-0.15, -0.1) is 11.3 Å². The zero-order valence-corrected chi connectivity index (χ0v) is 11.4. The van der Waals surface area contributed by atoms with Crippen LogP contribution in [0.3, 0.4) is 0 Å². The van der Waals surface area contributed by atoms with E-state index < -0.39 is 0 Å². The van der Waals surface area contributed by atoms with Crippen LogP contribution in [0.2, 0.25) is 0 Å². The average Bonchev–Trinajstić information content (AvgIpc) is 2.47. The fraction of sp³-hybridized carbons (Fsp3) is 0.636. The standard InChI is InChI=1S/C11H18BrNS/c1-4-8(5-2)10(13)11-9(12)6-7(3)14-11/h6,8,10H,4-5,13H2,1-3H3. The van der Waals surface area contributed by atoms with E-state index in [9.17, 15) is 0 Å². The number of thiophene rings is 1. The van der Waals surface area contributed by atoms with Crippen molar-refractivity contribution in [3.8, 4) is 0 Å². The lowest BCUT2D eigenvalue weighted by atomic mass is 9.94. The summed E-state index contributed by atoms with van der Waals surface area (Å²) in [7, 11) is 0. The molecule has 0 fully saturated rings. The lowest BCUT2D eigenvalue weighted by Gasteiger charge is -2.20. The second-order valence-electron chi connectivity index (χ2n) is 3.67. The Hall–Kier alpha value is 0.140. The normalized spacial score (nSPS) is 13.6. The number of aryl methyl sites for hydroxylation is 1. The minimum Gasteiger partial charge on any atom is -0.323 e. The topological polar surface area (TPSA) is 26.0 Å². The molecule has 1 nitrogen and oxygen atoms in total. The van der Waals surface area contributed by atoms with E-state index in [2.05, 4.69) is 42.8 Å². The number of rotatable bonds is 4. The molecule has 14 heavy (non-hydrogen) atoms. The van der Waals surface area contributed by atoms with Crippen LogP contribution in [0.5, 0.6) is 0 Å². The Morgan fingerprint density at radius 2 is 2.00 bits per heavy atom. The van der Waals surface area contributed by atoms with Gasteiger partial charge in [0.2, 0.25) is 0 Å². The number of nitrogens with two attached hydrogens (primary N) is 1. The highest BCUT2D eigenvalue weighted by molar-refractivity contribution is 9.10. The Kier molecular flexibility index (Phi) is 4.61. The Bertz CT molecular complexity index is 291. The van der Waals surface area contributed by atoms with E-state index in [0.717, 1.165) is 12.8 Å². The van der Waals surface area contributed by atoms with Crippen LogP contribution in [0.1, 0.15) is 42.5 Å². The second kappa shape index (κ2) is 5.29. The zero-order valence-electron chi connectivity index (χ0n) is 9.01. The first-order valence-electron chi connectivity index (χ1n) is 5.11. The smallest absolute Gasteiger partial charge is 0.0429 e. The number of halogens is 1. The van der Waals surface area contributed by atoms with Crippen LogP contribution in [0.25, 0.3) is 0 Å². The molecule has 0 spiro atoms. The molecule has 0 aliphatic carbocycles. The number of hydrogen-bond donors (Lipinski definition) is 1. The molecule has 0 radical (unpaired) electrons. The van der Waals surface area contributed by atoms with Gasteiger partial charge in [0.25, 0.3) is 0 Å². The van der Waals surface area contributed by atoms with Gasteiger partial charge in [0.1, 0.15) is 0 Å². The summed E-state index contributed by atoms with van der Waals surface area (Å²) in [5, 5.41) is 0. The third-order valence-corrected chi connectivity index (χ3v) is 4.77. The Morgan fingerprint density at radius 3 is 2.36 bits per heavy atom. The van der Waals surface area contributed by atoms with E-state index in [0.29, 0.717) is 5.92 Å². The summed E-state index contributed by atoms with van der Waals surface area (Å²) in [6, 6.07) is 2.35. The van der Waals surface area contributed by atoms with Gasteiger partial charge in [-0.05, 0) is 34.8 Å². The van der Waals surface area contributed by atoms with Crippen LogP contribution in [0.15, 0.2) is 10.5 Å². The minimum absolute atomic E-state index is 0.193. The van der Waals surface area contributed by atoms with Crippen LogP contribution in [-0.4, -0.2) is 0 Å². The molecule has 1 unspecified atom stereocenters. The quantitative estimate of drug-likeness (QED) is 0.873. The van der Waals surface area contributed by atoms with Gasteiger partial charge in [0, 0.05) is 20.3 Å². The van der Waals surface area contributed by atoms with Crippen molar-refractivity contribution in [1.29, 1.82) is 0 Å². The predicted molar refractivity (Wildman–Crippen MR) is 67.8 cm³/mol. The van der Waals surface area contributed by atoms with E-state index >= 15 is 0 Å². The van der Waals surface area contributed by atoms with Crippen molar-refractivity contribution < 1.29 is 0 Å². The summed E-state index contributed by atoms with van der Waals surface area (Å²) in [6.45, 7) is 6.54. The van der Waals surface area contributed by atoms with Gasteiger partial charge in [0.05, 0.1) is 0 Å². The van der Waals surface area contributed by atoms with Crippen molar-refractivity contribution in [2.75, 3.05) is 0 Å². The first-order valence-corrected chi connectivity index (χ1v) is 6.72. The molecule has 0 aliphatic heterocycles. The molecule has 0 bridgehead atoms. The van der Waals surface area contributed by atoms with E-state index in [4.69, 9.17) is 5.73 Å². The van der Waals surface area contributed by atoms with Gasteiger partial charge in [-0.25, -0.2) is 0 Å². The van der Waals surface area contributed by atoms with Crippen molar-refractivity contribution in [2.45, 2.75) is 39.7 Å². The van der Waals surface area contributed by atoms with Crippen LogP contribution in [0, 0.1) is 12.8 Å². The molecule has 2 N–H and O–H groups in total. The average molecular weight is 276 g/mol. The van der Waals surface area contributed by atoms with E-state index in [1.165, 1.54) is 14.2 Å². The molecular weight excluding hydrogens is 258 g/mol. The Balaban J connectivity index is 2.87. The molecule has 3 heteroatoms. The van der Waals surface area contributed by atoms with Crippen molar-refractivity contribution in [3.63, 3.8) is 0 Å². The molecule has 1 aromatic rings. The highest BCUT2D eigenvalue weighted by atomic mass is 79.9. The lowest BCUT2D eigenvalue weighted by molar-refractivity contribution is 0.409. The summed E-state index contributed by atoms with van der Waals surface area (Å²) >= 11 is 5.38. The maximum Gasteiger partial charge on any atom is 0.0429 e.